The molecule has 2 aliphatic rings. The van der Waals surface area contributed by atoms with E-state index in [2.05, 4.69) is 20.1 Å². The van der Waals surface area contributed by atoms with Gasteiger partial charge in [0.25, 0.3) is 0 Å². The lowest BCUT2D eigenvalue weighted by Crippen LogP contribution is -2.20. The summed E-state index contributed by atoms with van der Waals surface area (Å²) in [5.41, 5.74) is 0. The first-order valence-electron chi connectivity index (χ1n) is 6.58. The Bertz CT molecular complexity index is 397. The van der Waals surface area contributed by atoms with Crippen molar-refractivity contribution in [1.29, 1.82) is 0 Å². The first-order chi connectivity index (χ1) is 8.25. The number of aryl methyl sites for hydroxylation is 1. The molecule has 3 rings (SSSR count). The van der Waals surface area contributed by atoms with Crippen LogP contribution in [0.4, 0.5) is 0 Å². The van der Waals surface area contributed by atoms with E-state index in [1.54, 1.807) is 0 Å². The zero-order valence-corrected chi connectivity index (χ0v) is 10.3. The SMILES string of the molecule is Cc1nnc(C2CC(O)CN2)n1C1CCCC1. The fourth-order valence-corrected chi connectivity index (χ4v) is 3.15. The van der Waals surface area contributed by atoms with E-state index in [1.165, 1.54) is 25.7 Å². The molecule has 1 aliphatic carbocycles. The van der Waals surface area contributed by atoms with Gasteiger partial charge >= 0.3 is 0 Å². The van der Waals surface area contributed by atoms with Crippen LogP contribution in [-0.2, 0) is 0 Å². The van der Waals surface area contributed by atoms with Crippen LogP contribution in [0.1, 0.15) is 55.8 Å². The van der Waals surface area contributed by atoms with Crippen LogP contribution in [0.3, 0.4) is 0 Å². The summed E-state index contributed by atoms with van der Waals surface area (Å²) in [4.78, 5) is 0. The Balaban J connectivity index is 1.88. The average molecular weight is 236 g/mol. The van der Waals surface area contributed by atoms with Crippen molar-refractivity contribution >= 4 is 0 Å². The minimum atomic E-state index is -0.242. The second-order valence-corrected chi connectivity index (χ2v) is 5.26. The third-order valence-corrected chi connectivity index (χ3v) is 4.00. The Morgan fingerprint density at radius 1 is 1.29 bits per heavy atom. The summed E-state index contributed by atoms with van der Waals surface area (Å²) in [5.74, 6) is 2.03. The number of nitrogens with one attached hydrogen (secondary N) is 1. The maximum absolute atomic E-state index is 9.60. The molecular weight excluding hydrogens is 216 g/mol. The second kappa shape index (κ2) is 4.38. The first kappa shape index (κ1) is 11.2. The van der Waals surface area contributed by atoms with Gasteiger partial charge in [-0.2, -0.15) is 0 Å². The smallest absolute Gasteiger partial charge is 0.150 e. The number of hydrogen-bond acceptors (Lipinski definition) is 4. The van der Waals surface area contributed by atoms with Crippen LogP contribution in [0.5, 0.6) is 0 Å². The van der Waals surface area contributed by atoms with Gasteiger partial charge in [-0.25, -0.2) is 0 Å². The maximum atomic E-state index is 9.60. The Hall–Kier alpha value is -0.940. The number of aliphatic hydroxyl groups excluding tert-OH is 1. The molecule has 1 aromatic heterocycles. The number of aliphatic hydroxyl groups is 1. The van der Waals surface area contributed by atoms with Gasteiger partial charge in [0.2, 0.25) is 0 Å². The van der Waals surface area contributed by atoms with Crippen LogP contribution < -0.4 is 5.32 Å². The van der Waals surface area contributed by atoms with Crippen molar-refractivity contribution in [3.05, 3.63) is 11.6 Å². The Labute approximate surface area is 101 Å². The minimum Gasteiger partial charge on any atom is -0.392 e. The van der Waals surface area contributed by atoms with E-state index in [9.17, 15) is 5.11 Å². The molecule has 17 heavy (non-hydrogen) atoms. The molecule has 2 fully saturated rings. The highest BCUT2D eigenvalue weighted by molar-refractivity contribution is 5.06. The molecule has 0 radical (unpaired) electrons. The van der Waals surface area contributed by atoms with Crippen LogP contribution >= 0.6 is 0 Å². The largest absolute Gasteiger partial charge is 0.392 e. The molecule has 94 valence electrons. The third kappa shape index (κ3) is 1.98. The van der Waals surface area contributed by atoms with Crippen LogP contribution in [0.15, 0.2) is 0 Å². The van der Waals surface area contributed by atoms with Gasteiger partial charge in [-0.05, 0) is 26.2 Å². The van der Waals surface area contributed by atoms with Crippen LogP contribution in [0, 0.1) is 6.92 Å². The van der Waals surface area contributed by atoms with Crippen molar-refractivity contribution in [2.75, 3.05) is 6.54 Å². The number of rotatable bonds is 2. The molecule has 2 heterocycles. The number of β-amino-alcohol motifs (C(OH)–C–C–N with tert-alkyl or cyclic N) is 1. The van der Waals surface area contributed by atoms with Gasteiger partial charge in [0, 0.05) is 12.6 Å². The number of aromatic nitrogens is 3. The Kier molecular flexibility index (Phi) is 2.88. The third-order valence-electron chi connectivity index (χ3n) is 4.00. The topological polar surface area (TPSA) is 63.0 Å². The summed E-state index contributed by atoms with van der Waals surface area (Å²) >= 11 is 0. The van der Waals surface area contributed by atoms with Crippen molar-refractivity contribution in [3.8, 4) is 0 Å². The lowest BCUT2D eigenvalue weighted by atomic mass is 10.1. The fourth-order valence-electron chi connectivity index (χ4n) is 3.15. The summed E-state index contributed by atoms with van der Waals surface area (Å²) in [6.07, 6.45) is 5.60. The van der Waals surface area contributed by atoms with Gasteiger partial charge in [-0.3, -0.25) is 0 Å². The van der Waals surface area contributed by atoms with Gasteiger partial charge in [0.05, 0.1) is 12.1 Å². The molecule has 0 aromatic carbocycles. The molecule has 1 aliphatic heterocycles. The van der Waals surface area contributed by atoms with Crippen molar-refractivity contribution < 1.29 is 5.11 Å². The summed E-state index contributed by atoms with van der Waals surface area (Å²) in [5, 5.41) is 21.5. The van der Waals surface area contributed by atoms with E-state index in [4.69, 9.17) is 0 Å². The molecule has 2 unspecified atom stereocenters. The Morgan fingerprint density at radius 2 is 2.06 bits per heavy atom. The van der Waals surface area contributed by atoms with Gasteiger partial charge in [-0.1, -0.05) is 12.8 Å². The second-order valence-electron chi connectivity index (χ2n) is 5.26. The van der Waals surface area contributed by atoms with E-state index < -0.39 is 0 Å². The lowest BCUT2D eigenvalue weighted by molar-refractivity contribution is 0.192. The summed E-state index contributed by atoms with van der Waals surface area (Å²) in [7, 11) is 0. The standard InChI is InChI=1S/C12H20N4O/c1-8-14-15-12(11-6-10(17)7-13-11)16(8)9-4-2-3-5-9/h9-11,13,17H,2-7H2,1H3. The zero-order valence-electron chi connectivity index (χ0n) is 10.3. The molecule has 0 bridgehead atoms. The molecule has 5 heteroatoms. The molecule has 1 saturated carbocycles. The molecular formula is C12H20N4O. The molecule has 0 spiro atoms. The highest BCUT2D eigenvalue weighted by atomic mass is 16.3. The molecule has 2 atom stereocenters. The molecule has 2 N–H and O–H groups in total. The van der Waals surface area contributed by atoms with Crippen molar-refractivity contribution in [3.63, 3.8) is 0 Å². The van der Waals surface area contributed by atoms with Crippen LogP contribution in [-0.4, -0.2) is 32.5 Å². The maximum Gasteiger partial charge on any atom is 0.150 e. The fraction of sp³-hybridized carbons (Fsp3) is 0.833. The molecule has 1 aromatic rings. The average Bonchev–Trinajstić information content (AvgIpc) is 2.97. The van der Waals surface area contributed by atoms with Gasteiger partial charge in [-0.15, -0.1) is 10.2 Å². The highest BCUT2D eigenvalue weighted by Gasteiger charge is 2.31. The van der Waals surface area contributed by atoms with E-state index >= 15 is 0 Å². The van der Waals surface area contributed by atoms with E-state index in [0.29, 0.717) is 12.6 Å². The monoisotopic (exact) mass is 236 g/mol. The van der Waals surface area contributed by atoms with Gasteiger partial charge in [0.1, 0.15) is 5.82 Å². The summed E-state index contributed by atoms with van der Waals surface area (Å²) in [6.45, 7) is 2.70. The van der Waals surface area contributed by atoms with Gasteiger partial charge in [0.15, 0.2) is 5.82 Å². The van der Waals surface area contributed by atoms with Gasteiger partial charge < -0.3 is 15.0 Å². The summed E-state index contributed by atoms with van der Waals surface area (Å²) in [6, 6.07) is 0.742. The molecule has 5 nitrogen and oxygen atoms in total. The van der Waals surface area contributed by atoms with Crippen molar-refractivity contribution in [2.24, 2.45) is 0 Å². The van der Waals surface area contributed by atoms with Crippen LogP contribution in [0.25, 0.3) is 0 Å². The summed E-state index contributed by atoms with van der Waals surface area (Å²) < 4.78 is 2.29. The number of hydrogen-bond donors (Lipinski definition) is 2. The zero-order chi connectivity index (χ0) is 11.8. The van der Waals surface area contributed by atoms with E-state index in [1.807, 2.05) is 6.92 Å². The van der Waals surface area contributed by atoms with Crippen molar-refractivity contribution in [2.45, 2.75) is 57.2 Å². The normalized spacial score (nSPS) is 30.2. The first-order valence-corrected chi connectivity index (χ1v) is 6.58. The lowest BCUT2D eigenvalue weighted by Gasteiger charge is -2.18. The predicted molar refractivity (Wildman–Crippen MR) is 63.6 cm³/mol. The molecule has 0 amide bonds. The quantitative estimate of drug-likeness (QED) is 0.807. The van der Waals surface area contributed by atoms with E-state index in [0.717, 1.165) is 18.1 Å². The van der Waals surface area contributed by atoms with Crippen molar-refractivity contribution in [1.82, 2.24) is 20.1 Å². The minimum absolute atomic E-state index is 0.173. The van der Waals surface area contributed by atoms with E-state index in [-0.39, 0.29) is 12.1 Å². The predicted octanol–water partition coefficient (Wildman–Crippen LogP) is 1.10. The molecule has 1 saturated heterocycles. The van der Waals surface area contributed by atoms with Crippen LogP contribution in [0.2, 0.25) is 0 Å². The highest BCUT2D eigenvalue weighted by Crippen LogP contribution is 2.33. The number of nitrogens with zero attached hydrogens (tertiary/aromatic N) is 3. The Morgan fingerprint density at radius 3 is 2.71 bits per heavy atom.